The van der Waals surface area contributed by atoms with Crippen molar-refractivity contribution >= 4 is 21.9 Å². The minimum atomic E-state index is -3.80. The molecule has 10 heteroatoms. The van der Waals surface area contributed by atoms with Crippen LogP contribution in [0.5, 0.6) is 5.75 Å². The average Bonchev–Trinajstić information content (AvgIpc) is 3.40. The van der Waals surface area contributed by atoms with Crippen molar-refractivity contribution < 1.29 is 13.2 Å². The minimum Gasteiger partial charge on any atom is -0.493 e. The Balaban J connectivity index is 1.25. The molecule has 0 spiro atoms. The summed E-state index contributed by atoms with van der Waals surface area (Å²) < 4.78 is 34.5. The summed E-state index contributed by atoms with van der Waals surface area (Å²) in [6.07, 6.45) is 9.80. The van der Waals surface area contributed by atoms with Gasteiger partial charge in [0.05, 0.1) is 12.3 Å². The van der Waals surface area contributed by atoms with E-state index in [2.05, 4.69) is 49.8 Å². The predicted molar refractivity (Wildman–Crippen MR) is 169 cm³/mol. The zero-order chi connectivity index (χ0) is 30.5. The number of aromatic nitrogens is 3. The Labute approximate surface area is 254 Å². The van der Waals surface area contributed by atoms with Crippen LogP contribution in [0.25, 0.3) is 17.2 Å². The van der Waals surface area contributed by atoms with Gasteiger partial charge in [-0.15, -0.1) is 0 Å². The normalized spacial score (nSPS) is 23.8. The molecule has 3 unspecified atom stereocenters. The Morgan fingerprint density at radius 3 is 2.70 bits per heavy atom. The van der Waals surface area contributed by atoms with E-state index in [0.29, 0.717) is 37.0 Å². The first-order chi connectivity index (χ1) is 20.4. The molecular formula is C33H42N6O3S. The minimum absolute atomic E-state index is 0.00350. The molecule has 9 nitrogen and oxygen atoms in total. The highest BCUT2D eigenvalue weighted by molar-refractivity contribution is 7.89. The third-order valence-electron chi connectivity index (χ3n) is 9.74. The number of hydrogen-bond donors (Lipinski definition) is 2. The van der Waals surface area contributed by atoms with Crippen molar-refractivity contribution in [1.29, 1.82) is 0 Å². The van der Waals surface area contributed by atoms with Crippen LogP contribution < -0.4 is 16.2 Å². The van der Waals surface area contributed by atoms with Crippen molar-refractivity contribution in [2.45, 2.75) is 70.7 Å². The van der Waals surface area contributed by atoms with E-state index < -0.39 is 10.0 Å². The third-order valence-corrected chi connectivity index (χ3v) is 11.6. The van der Waals surface area contributed by atoms with Crippen LogP contribution in [0.3, 0.4) is 0 Å². The van der Waals surface area contributed by atoms with Crippen molar-refractivity contribution in [2.24, 2.45) is 23.0 Å². The number of allylic oxidation sites excluding steroid dienone is 1. The number of anilines is 1. The number of sulfonamides is 1. The van der Waals surface area contributed by atoms with E-state index in [1.54, 1.807) is 18.6 Å². The van der Waals surface area contributed by atoms with Crippen LogP contribution in [0.2, 0.25) is 0 Å². The van der Waals surface area contributed by atoms with E-state index >= 15 is 0 Å². The zero-order valence-corrected chi connectivity index (χ0v) is 26.3. The van der Waals surface area contributed by atoms with Crippen LogP contribution in [0.15, 0.2) is 47.3 Å². The molecule has 43 heavy (non-hydrogen) atoms. The fourth-order valence-corrected chi connectivity index (χ4v) is 8.20. The van der Waals surface area contributed by atoms with Gasteiger partial charge in [-0.3, -0.25) is 0 Å². The predicted octanol–water partition coefficient (Wildman–Crippen LogP) is 4.65. The maximum atomic E-state index is 13.4. The summed E-state index contributed by atoms with van der Waals surface area (Å²) in [6.45, 7) is 10.4. The molecule has 1 saturated heterocycles. The highest BCUT2D eigenvalue weighted by Gasteiger charge is 2.34. The molecule has 4 N–H and O–H groups in total. The van der Waals surface area contributed by atoms with Gasteiger partial charge >= 0.3 is 0 Å². The number of nitrogens with two attached hydrogens (primary N) is 2. The Hall–Kier alpha value is -3.34. The molecule has 0 saturated carbocycles. The Morgan fingerprint density at radius 2 is 1.93 bits per heavy atom. The van der Waals surface area contributed by atoms with Crippen molar-refractivity contribution in [2.75, 3.05) is 25.4 Å². The lowest BCUT2D eigenvalue weighted by Gasteiger charge is -2.33. The largest absolute Gasteiger partial charge is 0.493 e. The van der Waals surface area contributed by atoms with Gasteiger partial charge in [-0.1, -0.05) is 32.4 Å². The SMILES string of the molecule is CC1=Cc2ncnc(CC3CCOc4ccc(-c5cnc(N)c(S(=O)(=O)N6CCC(N)C6)c5)cc4CC3C)c2CC1(C)C. The monoisotopic (exact) mass is 602 g/mol. The lowest BCUT2D eigenvalue weighted by Crippen LogP contribution is -2.32. The molecule has 228 valence electrons. The summed E-state index contributed by atoms with van der Waals surface area (Å²) >= 11 is 0. The van der Waals surface area contributed by atoms with Gasteiger partial charge in [0.25, 0.3) is 0 Å². The number of ether oxygens (including phenoxy) is 1. The van der Waals surface area contributed by atoms with Gasteiger partial charge in [0.2, 0.25) is 10.0 Å². The first-order valence-corrected chi connectivity index (χ1v) is 16.7. The van der Waals surface area contributed by atoms with E-state index in [4.69, 9.17) is 21.2 Å². The van der Waals surface area contributed by atoms with Gasteiger partial charge in [0, 0.05) is 42.1 Å². The van der Waals surface area contributed by atoms with E-state index in [0.717, 1.165) is 53.9 Å². The second-order valence-electron chi connectivity index (χ2n) is 13.2. The fraction of sp³-hybridized carbons (Fsp3) is 0.485. The lowest BCUT2D eigenvalue weighted by atomic mass is 9.73. The van der Waals surface area contributed by atoms with E-state index in [1.807, 2.05) is 12.1 Å². The molecule has 1 aromatic carbocycles. The van der Waals surface area contributed by atoms with Gasteiger partial charge in [-0.25, -0.2) is 23.4 Å². The lowest BCUT2D eigenvalue weighted by molar-refractivity contribution is 0.220. The number of hydrogen-bond acceptors (Lipinski definition) is 8. The maximum Gasteiger partial charge on any atom is 0.246 e. The smallest absolute Gasteiger partial charge is 0.246 e. The molecule has 3 aromatic rings. The number of rotatable bonds is 5. The summed E-state index contributed by atoms with van der Waals surface area (Å²) in [7, 11) is -3.80. The van der Waals surface area contributed by atoms with Gasteiger partial charge in [-0.05, 0) is 91.7 Å². The molecule has 3 atom stereocenters. The van der Waals surface area contributed by atoms with Crippen molar-refractivity contribution in [3.63, 3.8) is 0 Å². The average molecular weight is 603 g/mol. The quantitative estimate of drug-likeness (QED) is 0.431. The molecule has 1 fully saturated rings. The van der Waals surface area contributed by atoms with Crippen LogP contribution in [0.1, 0.15) is 63.1 Å². The molecule has 0 radical (unpaired) electrons. The topological polar surface area (TPSA) is 137 Å². The number of benzene rings is 1. The van der Waals surface area contributed by atoms with Crippen molar-refractivity contribution in [3.05, 3.63) is 64.9 Å². The maximum absolute atomic E-state index is 13.4. The Morgan fingerprint density at radius 1 is 1.12 bits per heavy atom. The Bertz CT molecular complexity index is 1690. The first kappa shape index (κ1) is 29.7. The van der Waals surface area contributed by atoms with E-state index in [-0.39, 0.29) is 28.7 Å². The van der Waals surface area contributed by atoms with Gasteiger partial charge in [-0.2, -0.15) is 4.31 Å². The van der Waals surface area contributed by atoms with E-state index in [9.17, 15) is 8.42 Å². The highest BCUT2D eigenvalue weighted by atomic mass is 32.2. The van der Waals surface area contributed by atoms with Gasteiger partial charge in [0.15, 0.2) is 0 Å². The zero-order valence-electron chi connectivity index (χ0n) is 25.5. The van der Waals surface area contributed by atoms with Crippen LogP contribution >= 0.6 is 0 Å². The number of nitrogen functional groups attached to an aromatic ring is 1. The number of pyridine rings is 1. The second-order valence-corrected chi connectivity index (χ2v) is 15.1. The number of nitrogens with zero attached hydrogens (tertiary/aromatic N) is 4. The summed E-state index contributed by atoms with van der Waals surface area (Å²) in [5, 5.41) is 0. The molecule has 0 amide bonds. The van der Waals surface area contributed by atoms with Gasteiger partial charge < -0.3 is 16.2 Å². The summed E-state index contributed by atoms with van der Waals surface area (Å²) in [4.78, 5) is 13.7. The van der Waals surface area contributed by atoms with Crippen molar-refractivity contribution in [3.8, 4) is 16.9 Å². The van der Waals surface area contributed by atoms with Gasteiger partial charge in [0.1, 0.15) is 22.8 Å². The van der Waals surface area contributed by atoms with Crippen LogP contribution in [0, 0.1) is 17.3 Å². The standard InChI is InChI=1S/C33H42N6O3S/c1-20-11-24-13-23(25-15-31(32(35)36-17-25)43(40,41)39-9-7-26(34)18-39)5-6-30(24)42-10-8-22(20)14-29-27-16-33(3,4)21(2)12-28(27)37-19-38-29/h5-6,12-13,15,17,19-20,22,26H,7-11,14,16,18,34H2,1-4H3,(H2,35,36). The third kappa shape index (κ3) is 5.80. The molecule has 0 bridgehead atoms. The summed E-state index contributed by atoms with van der Waals surface area (Å²) in [5.74, 6) is 1.65. The highest BCUT2D eigenvalue weighted by Crippen LogP contribution is 2.40. The van der Waals surface area contributed by atoms with Crippen LogP contribution in [-0.4, -0.2) is 53.4 Å². The van der Waals surface area contributed by atoms with Crippen LogP contribution in [-0.2, 0) is 29.3 Å². The second kappa shape index (κ2) is 11.3. The molecule has 6 rings (SSSR count). The molecule has 2 aliphatic heterocycles. The molecule has 1 aliphatic carbocycles. The summed E-state index contributed by atoms with van der Waals surface area (Å²) in [5.41, 5.74) is 19.7. The summed E-state index contributed by atoms with van der Waals surface area (Å²) in [6, 6.07) is 7.52. The van der Waals surface area contributed by atoms with Crippen LogP contribution in [0.4, 0.5) is 5.82 Å². The molecule has 4 heterocycles. The molecule has 3 aliphatic rings. The fourth-order valence-electron chi connectivity index (χ4n) is 6.60. The molecule has 2 aromatic heterocycles. The molecular weight excluding hydrogens is 560 g/mol. The first-order valence-electron chi connectivity index (χ1n) is 15.2. The number of fused-ring (bicyclic) bond motifs is 2. The Kier molecular flexibility index (Phi) is 7.81. The van der Waals surface area contributed by atoms with Crippen molar-refractivity contribution in [1.82, 2.24) is 19.3 Å². The van der Waals surface area contributed by atoms with E-state index in [1.165, 1.54) is 15.4 Å².